The van der Waals surface area contributed by atoms with Crippen molar-refractivity contribution in [2.45, 2.75) is 26.4 Å². The number of carboxylic acid groups (broad SMARTS) is 1. The minimum Gasteiger partial charge on any atom is -0.542 e. The van der Waals surface area contributed by atoms with E-state index in [2.05, 4.69) is 0 Å². The summed E-state index contributed by atoms with van der Waals surface area (Å²) in [7, 11) is 0. The first-order valence-electron chi connectivity index (χ1n) is 7.56. The molecule has 3 aromatic rings. The smallest absolute Gasteiger partial charge is 0.336 e. The topological polar surface area (TPSA) is 92.7 Å². The largest absolute Gasteiger partial charge is 0.542 e. The van der Waals surface area contributed by atoms with E-state index in [1.54, 1.807) is 12.1 Å². The Bertz CT molecular complexity index is 934. The van der Waals surface area contributed by atoms with Crippen molar-refractivity contribution in [1.82, 2.24) is 0 Å². The maximum absolute atomic E-state index is 11.7. The maximum Gasteiger partial charge on any atom is 0.336 e. The monoisotopic (exact) mass is 327 g/mol. The van der Waals surface area contributed by atoms with Gasteiger partial charge >= 0.3 is 5.63 Å². The van der Waals surface area contributed by atoms with Gasteiger partial charge in [-0.1, -0.05) is 13.3 Å². The summed E-state index contributed by atoms with van der Waals surface area (Å²) < 4.78 is 15.9. The molecule has 0 radical (unpaired) electrons. The van der Waals surface area contributed by atoms with Gasteiger partial charge in [-0.2, -0.15) is 0 Å². The number of aryl methyl sites for hydroxylation is 1. The van der Waals surface area contributed by atoms with Crippen molar-refractivity contribution >= 4 is 16.9 Å². The SMILES string of the molecule is CCCc1cc(=O)oc2cc(OCc3ccc(C(=O)[O-])o3)ccc12. The highest BCUT2D eigenvalue weighted by Gasteiger charge is 2.08. The Hall–Kier alpha value is -3.02. The lowest BCUT2D eigenvalue weighted by Gasteiger charge is -2.07. The Morgan fingerprint density at radius 2 is 2.00 bits per heavy atom. The average Bonchev–Trinajstić information content (AvgIpc) is 3.02. The first kappa shape index (κ1) is 15.9. The van der Waals surface area contributed by atoms with E-state index >= 15 is 0 Å². The number of aromatic carboxylic acids is 1. The molecule has 0 fully saturated rings. The zero-order valence-electron chi connectivity index (χ0n) is 13.0. The standard InChI is InChI=1S/C18H16O6/c1-2-3-11-8-17(19)24-16-9-12(4-6-14(11)16)22-10-13-5-7-15(23-13)18(20)21/h4-9H,2-3,10H2,1H3,(H,20,21)/p-1. The fourth-order valence-corrected chi connectivity index (χ4v) is 2.50. The molecule has 0 aliphatic heterocycles. The lowest BCUT2D eigenvalue weighted by atomic mass is 10.1. The first-order chi connectivity index (χ1) is 11.6. The molecule has 6 heteroatoms. The van der Waals surface area contributed by atoms with E-state index in [4.69, 9.17) is 13.6 Å². The van der Waals surface area contributed by atoms with Crippen molar-refractivity contribution in [3.05, 3.63) is 63.9 Å². The Kier molecular flexibility index (Phi) is 4.37. The van der Waals surface area contributed by atoms with Crippen molar-refractivity contribution in [3.63, 3.8) is 0 Å². The number of carboxylic acids is 1. The van der Waals surface area contributed by atoms with Crippen LogP contribution in [0, 0.1) is 0 Å². The molecule has 6 nitrogen and oxygen atoms in total. The number of benzene rings is 1. The molecule has 0 bridgehead atoms. The number of furan rings is 1. The highest BCUT2D eigenvalue weighted by molar-refractivity contribution is 5.82. The van der Waals surface area contributed by atoms with Gasteiger partial charge < -0.3 is 23.5 Å². The lowest BCUT2D eigenvalue weighted by molar-refractivity contribution is -0.257. The summed E-state index contributed by atoms with van der Waals surface area (Å²) in [6.07, 6.45) is 1.72. The van der Waals surface area contributed by atoms with Crippen LogP contribution in [-0.4, -0.2) is 5.97 Å². The van der Waals surface area contributed by atoms with Gasteiger partial charge in [0.15, 0.2) is 0 Å². The molecular weight excluding hydrogens is 312 g/mol. The van der Waals surface area contributed by atoms with Crippen LogP contribution in [-0.2, 0) is 13.0 Å². The Morgan fingerprint density at radius 3 is 2.71 bits per heavy atom. The van der Waals surface area contributed by atoms with Crippen molar-refractivity contribution in [2.75, 3.05) is 0 Å². The van der Waals surface area contributed by atoms with Crippen LogP contribution in [0.4, 0.5) is 0 Å². The van der Waals surface area contributed by atoms with E-state index in [1.165, 1.54) is 18.2 Å². The molecule has 0 amide bonds. The van der Waals surface area contributed by atoms with Crippen LogP contribution in [0.5, 0.6) is 5.75 Å². The average molecular weight is 327 g/mol. The first-order valence-corrected chi connectivity index (χ1v) is 7.56. The number of hydrogen-bond acceptors (Lipinski definition) is 6. The summed E-state index contributed by atoms with van der Waals surface area (Å²) >= 11 is 0. The number of carbonyl (C=O) groups excluding carboxylic acids is 1. The summed E-state index contributed by atoms with van der Waals surface area (Å²) in [5, 5.41) is 11.5. The molecule has 0 atom stereocenters. The van der Waals surface area contributed by atoms with E-state index < -0.39 is 11.6 Å². The van der Waals surface area contributed by atoms with E-state index in [0.29, 0.717) is 17.1 Å². The zero-order chi connectivity index (χ0) is 17.1. The third-order valence-electron chi connectivity index (χ3n) is 3.56. The van der Waals surface area contributed by atoms with E-state index in [0.717, 1.165) is 23.8 Å². The highest BCUT2D eigenvalue weighted by atomic mass is 16.5. The second kappa shape index (κ2) is 6.62. The molecule has 0 saturated heterocycles. The second-order valence-corrected chi connectivity index (χ2v) is 5.34. The van der Waals surface area contributed by atoms with Crippen LogP contribution in [0.1, 0.15) is 35.2 Å². The summed E-state index contributed by atoms with van der Waals surface area (Å²) in [6.45, 7) is 2.10. The summed E-state index contributed by atoms with van der Waals surface area (Å²) in [5.74, 6) is -0.777. The van der Waals surface area contributed by atoms with Crippen LogP contribution in [0.3, 0.4) is 0 Å². The molecule has 0 N–H and O–H groups in total. The van der Waals surface area contributed by atoms with Crippen LogP contribution in [0.2, 0.25) is 0 Å². The van der Waals surface area contributed by atoms with E-state index in [-0.39, 0.29) is 12.4 Å². The molecule has 0 aliphatic carbocycles. The predicted molar refractivity (Wildman–Crippen MR) is 83.8 cm³/mol. The third kappa shape index (κ3) is 3.32. The van der Waals surface area contributed by atoms with E-state index in [9.17, 15) is 14.7 Å². The van der Waals surface area contributed by atoms with Crippen LogP contribution < -0.4 is 15.5 Å². The normalized spacial score (nSPS) is 10.9. The third-order valence-corrected chi connectivity index (χ3v) is 3.56. The number of carbonyl (C=O) groups is 1. The molecule has 0 aliphatic rings. The zero-order valence-corrected chi connectivity index (χ0v) is 13.0. The molecule has 3 rings (SSSR count). The fraction of sp³-hybridized carbons (Fsp3) is 0.222. The molecule has 24 heavy (non-hydrogen) atoms. The predicted octanol–water partition coefficient (Wildman–Crippen LogP) is 2.28. The molecule has 2 heterocycles. The highest BCUT2D eigenvalue weighted by Crippen LogP contribution is 2.24. The van der Waals surface area contributed by atoms with Crippen molar-refractivity contribution in [3.8, 4) is 5.75 Å². The molecule has 1 aromatic carbocycles. The van der Waals surface area contributed by atoms with Crippen LogP contribution in [0.25, 0.3) is 11.0 Å². The van der Waals surface area contributed by atoms with Crippen LogP contribution >= 0.6 is 0 Å². The van der Waals surface area contributed by atoms with Crippen molar-refractivity contribution in [1.29, 1.82) is 0 Å². The fourth-order valence-electron chi connectivity index (χ4n) is 2.50. The van der Waals surface area contributed by atoms with Gasteiger partial charge in [0.25, 0.3) is 0 Å². The lowest BCUT2D eigenvalue weighted by Crippen LogP contribution is -2.21. The molecular formula is C18H15O6-. The molecule has 0 spiro atoms. The number of fused-ring (bicyclic) bond motifs is 1. The van der Waals surface area contributed by atoms with Gasteiger partial charge in [-0.15, -0.1) is 0 Å². The van der Waals surface area contributed by atoms with Gasteiger partial charge in [-0.05, 0) is 36.2 Å². The van der Waals surface area contributed by atoms with Crippen LogP contribution in [0.15, 0.2) is 50.0 Å². The van der Waals surface area contributed by atoms with Gasteiger partial charge in [0, 0.05) is 17.5 Å². The Morgan fingerprint density at radius 1 is 1.17 bits per heavy atom. The molecule has 124 valence electrons. The molecule has 0 unspecified atom stereocenters. The Balaban J connectivity index is 1.82. The number of hydrogen-bond donors (Lipinski definition) is 0. The Labute approximate surface area is 137 Å². The van der Waals surface area contributed by atoms with Gasteiger partial charge in [0.05, 0.1) is 0 Å². The van der Waals surface area contributed by atoms with Crippen molar-refractivity contribution < 1.29 is 23.5 Å². The van der Waals surface area contributed by atoms with Gasteiger partial charge in [0.2, 0.25) is 0 Å². The quantitative estimate of drug-likeness (QED) is 0.645. The number of rotatable bonds is 6. The minimum absolute atomic E-state index is 0.0532. The van der Waals surface area contributed by atoms with Gasteiger partial charge in [0.1, 0.15) is 35.4 Å². The van der Waals surface area contributed by atoms with Gasteiger partial charge in [-0.3, -0.25) is 0 Å². The van der Waals surface area contributed by atoms with E-state index in [1.807, 2.05) is 13.0 Å². The van der Waals surface area contributed by atoms with Gasteiger partial charge in [-0.25, -0.2) is 4.79 Å². The summed E-state index contributed by atoms with van der Waals surface area (Å²) in [6, 6.07) is 9.57. The summed E-state index contributed by atoms with van der Waals surface area (Å²) in [5.41, 5.74) is 1.01. The second-order valence-electron chi connectivity index (χ2n) is 5.34. The molecule has 2 aromatic heterocycles. The summed E-state index contributed by atoms with van der Waals surface area (Å²) in [4.78, 5) is 22.3. The maximum atomic E-state index is 11.7. The number of ether oxygens (including phenoxy) is 1. The van der Waals surface area contributed by atoms with Crippen molar-refractivity contribution in [2.24, 2.45) is 0 Å². The minimum atomic E-state index is -1.38. The molecule has 0 saturated carbocycles.